The topological polar surface area (TPSA) is 55.1 Å². The van der Waals surface area contributed by atoms with Crippen molar-refractivity contribution in [3.05, 3.63) is 53.6 Å². The zero-order chi connectivity index (χ0) is 11.8. The van der Waals surface area contributed by atoms with Gasteiger partial charge in [-0.25, -0.2) is 0 Å². The Morgan fingerprint density at radius 2 is 1.71 bits per heavy atom. The third kappa shape index (κ3) is 1.65. The SMILES string of the molecule is Nc1ccc(-c2ccc3c(c2)C(=O)NC3)cc1. The van der Waals surface area contributed by atoms with Gasteiger partial charge in [0.2, 0.25) is 0 Å². The molecule has 0 radical (unpaired) electrons. The second-order valence-corrected chi connectivity index (χ2v) is 4.18. The van der Waals surface area contributed by atoms with Crippen LogP contribution in [0.1, 0.15) is 15.9 Å². The molecule has 3 N–H and O–H groups in total. The molecular formula is C14H12N2O. The first-order valence-electron chi connectivity index (χ1n) is 5.51. The molecule has 0 atom stereocenters. The van der Waals surface area contributed by atoms with Crippen molar-refractivity contribution in [2.24, 2.45) is 0 Å². The van der Waals surface area contributed by atoms with Crippen molar-refractivity contribution in [3.8, 4) is 11.1 Å². The van der Waals surface area contributed by atoms with Gasteiger partial charge in [0.25, 0.3) is 5.91 Å². The molecule has 0 bridgehead atoms. The predicted molar refractivity (Wildman–Crippen MR) is 67.5 cm³/mol. The Kier molecular flexibility index (Phi) is 2.11. The van der Waals surface area contributed by atoms with Gasteiger partial charge in [-0.3, -0.25) is 4.79 Å². The van der Waals surface area contributed by atoms with Crippen LogP contribution in [-0.4, -0.2) is 5.91 Å². The molecule has 1 aliphatic rings. The van der Waals surface area contributed by atoms with Crippen molar-refractivity contribution in [1.82, 2.24) is 5.32 Å². The Labute approximate surface area is 99.3 Å². The van der Waals surface area contributed by atoms with Crippen LogP contribution in [0.3, 0.4) is 0 Å². The first-order valence-corrected chi connectivity index (χ1v) is 5.51. The first-order chi connectivity index (χ1) is 8.24. The van der Waals surface area contributed by atoms with Crippen LogP contribution >= 0.6 is 0 Å². The van der Waals surface area contributed by atoms with Gasteiger partial charge in [-0.2, -0.15) is 0 Å². The van der Waals surface area contributed by atoms with Crippen LogP contribution in [0, 0.1) is 0 Å². The molecule has 0 saturated heterocycles. The van der Waals surface area contributed by atoms with E-state index in [1.165, 1.54) is 0 Å². The quantitative estimate of drug-likeness (QED) is 0.729. The smallest absolute Gasteiger partial charge is 0.251 e. The highest BCUT2D eigenvalue weighted by molar-refractivity contribution is 5.99. The zero-order valence-electron chi connectivity index (χ0n) is 9.23. The van der Waals surface area contributed by atoms with Crippen LogP contribution in [0.4, 0.5) is 5.69 Å². The van der Waals surface area contributed by atoms with E-state index in [4.69, 9.17) is 5.73 Å². The lowest BCUT2D eigenvalue weighted by Gasteiger charge is -2.04. The fraction of sp³-hybridized carbons (Fsp3) is 0.0714. The van der Waals surface area contributed by atoms with Crippen molar-refractivity contribution in [2.45, 2.75) is 6.54 Å². The second-order valence-electron chi connectivity index (χ2n) is 4.18. The molecule has 84 valence electrons. The summed E-state index contributed by atoms with van der Waals surface area (Å²) in [6, 6.07) is 13.6. The molecule has 0 aromatic heterocycles. The highest BCUT2D eigenvalue weighted by Gasteiger charge is 2.18. The molecule has 0 aliphatic carbocycles. The molecule has 0 unspecified atom stereocenters. The van der Waals surface area contributed by atoms with Crippen molar-refractivity contribution in [2.75, 3.05) is 5.73 Å². The van der Waals surface area contributed by atoms with Crippen LogP contribution in [0.5, 0.6) is 0 Å². The standard InChI is InChI=1S/C14H12N2O/c15-12-5-3-9(4-6-12)10-1-2-11-8-16-14(17)13(11)7-10/h1-7H,8,15H2,(H,16,17). The number of nitrogen functional groups attached to an aromatic ring is 1. The maximum absolute atomic E-state index is 11.6. The fourth-order valence-corrected chi connectivity index (χ4v) is 2.07. The van der Waals surface area contributed by atoms with Gasteiger partial charge < -0.3 is 11.1 Å². The highest BCUT2D eigenvalue weighted by atomic mass is 16.1. The lowest BCUT2D eigenvalue weighted by atomic mass is 10.0. The van der Waals surface area contributed by atoms with E-state index >= 15 is 0 Å². The average molecular weight is 224 g/mol. The van der Waals surface area contributed by atoms with Gasteiger partial charge in [0.15, 0.2) is 0 Å². The normalized spacial score (nSPS) is 13.3. The zero-order valence-corrected chi connectivity index (χ0v) is 9.23. The van der Waals surface area contributed by atoms with Crippen LogP contribution < -0.4 is 11.1 Å². The van der Waals surface area contributed by atoms with E-state index in [2.05, 4.69) is 5.32 Å². The number of nitrogens with two attached hydrogens (primary N) is 1. The predicted octanol–water partition coefficient (Wildman–Crippen LogP) is 2.18. The van der Waals surface area contributed by atoms with Crippen LogP contribution in [0.2, 0.25) is 0 Å². The van der Waals surface area contributed by atoms with E-state index < -0.39 is 0 Å². The number of amides is 1. The fourth-order valence-electron chi connectivity index (χ4n) is 2.07. The van der Waals surface area contributed by atoms with Gasteiger partial charge in [0, 0.05) is 17.8 Å². The number of anilines is 1. The first kappa shape index (κ1) is 9.90. The molecule has 2 aromatic carbocycles. The summed E-state index contributed by atoms with van der Waals surface area (Å²) in [6.07, 6.45) is 0. The molecule has 2 aromatic rings. The molecule has 3 heteroatoms. The largest absolute Gasteiger partial charge is 0.399 e. The number of carbonyl (C=O) groups excluding carboxylic acids is 1. The lowest BCUT2D eigenvalue weighted by molar-refractivity contribution is 0.0966. The number of nitrogens with one attached hydrogen (secondary N) is 1. The Balaban J connectivity index is 2.08. The van der Waals surface area contributed by atoms with Gasteiger partial charge in [0.05, 0.1) is 0 Å². The summed E-state index contributed by atoms with van der Waals surface area (Å²) in [7, 11) is 0. The Morgan fingerprint density at radius 3 is 2.47 bits per heavy atom. The summed E-state index contributed by atoms with van der Waals surface area (Å²) in [6.45, 7) is 0.635. The van der Waals surface area contributed by atoms with Gasteiger partial charge >= 0.3 is 0 Å². The van der Waals surface area contributed by atoms with Crippen molar-refractivity contribution >= 4 is 11.6 Å². The lowest BCUT2D eigenvalue weighted by Crippen LogP contribution is -2.12. The van der Waals surface area contributed by atoms with Crippen molar-refractivity contribution in [3.63, 3.8) is 0 Å². The summed E-state index contributed by atoms with van der Waals surface area (Å²) >= 11 is 0. The van der Waals surface area contributed by atoms with Crippen molar-refractivity contribution in [1.29, 1.82) is 0 Å². The molecule has 0 saturated carbocycles. The van der Waals surface area contributed by atoms with Gasteiger partial charge in [0.1, 0.15) is 0 Å². The molecule has 3 rings (SSSR count). The Hall–Kier alpha value is -2.29. The minimum atomic E-state index is 0.0114. The summed E-state index contributed by atoms with van der Waals surface area (Å²) in [5.74, 6) is 0.0114. The molecular weight excluding hydrogens is 212 g/mol. The second kappa shape index (κ2) is 3.63. The minimum absolute atomic E-state index is 0.0114. The average Bonchev–Trinajstić information content (AvgIpc) is 2.72. The van der Waals surface area contributed by atoms with E-state index in [1.807, 2.05) is 42.5 Å². The maximum Gasteiger partial charge on any atom is 0.251 e. The highest BCUT2D eigenvalue weighted by Crippen LogP contribution is 2.25. The van der Waals surface area contributed by atoms with E-state index in [9.17, 15) is 4.79 Å². The number of hydrogen-bond acceptors (Lipinski definition) is 2. The maximum atomic E-state index is 11.6. The Bertz CT molecular complexity index is 588. The van der Waals surface area contributed by atoms with E-state index in [0.717, 1.165) is 27.9 Å². The number of carbonyl (C=O) groups is 1. The third-order valence-corrected chi connectivity index (χ3v) is 3.04. The molecule has 1 heterocycles. The molecule has 1 amide bonds. The molecule has 0 fully saturated rings. The van der Waals surface area contributed by atoms with E-state index in [-0.39, 0.29) is 5.91 Å². The summed E-state index contributed by atoms with van der Waals surface area (Å²) in [4.78, 5) is 11.6. The summed E-state index contributed by atoms with van der Waals surface area (Å²) in [5, 5.41) is 2.81. The third-order valence-electron chi connectivity index (χ3n) is 3.04. The molecule has 3 nitrogen and oxygen atoms in total. The Morgan fingerprint density at radius 1 is 1.00 bits per heavy atom. The monoisotopic (exact) mass is 224 g/mol. The van der Waals surface area contributed by atoms with Gasteiger partial charge in [-0.15, -0.1) is 0 Å². The number of rotatable bonds is 1. The van der Waals surface area contributed by atoms with Gasteiger partial charge in [-0.05, 0) is 34.9 Å². The van der Waals surface area contributed by atoms with E-state index in [0.29, 0.717) is 6.54 Å². The number of benzene rings is 2. The van der Waals surface area contributed by atoms with Crippen molar-refractivity contribution < 1.29 is 4.79 Å². The van der Waals surface area contributed by atoms with Crippen LogP contribution in [-0.2, 0) is 6.54 Å². The molecule has 1 aliphatic heterocycles. The summed E-state index contributed by atoms with van der Waals surface area (Å²) in [5.41, 5.74) is 10.4. The van der Waals surface area contributed by atoms with Crippen LogP contribution in [0.15, 0.2) is 42.5 Å². The van der Waals surface area contributed by atoms with Crippen LogP contribution in [0.25, 0.3) is 11.1 Å². The number of fused-ring (bicyclic) bond motifs is 1. The molecule has 17 heavy (non-hydrogen) atoms. The molecule has 0 spiro atoms. The minimum Gasteiger partial charge on any atom is -0.399 e. The number of hydrogen-bond donors (Lipinski definition) is 2. The van der Waals surface area contributed by atoms with E-state index in [1.54, 1.807) is 0 Å². The summed E-state index contributed by atoms with van der Waals surface area (Å²) < 4.78 is 0. The van der Waals surface area contributed by atoms with Gasteiger partial charge in [-0.1, -0.05) is 24.3 Å².